The Balaban J connectivity index is 1.75. The van der Waals surface area contributed by atoms with Crippen molar-refractivity contribution in [2.24, 2.45) is 0 Å². The van der Waals surface area contributed by atoms with E-state index in [0.29, 0.717) is 10.6 Å². The summed E-state index contributed by atoms with van der Waals surface area (Å²) in [5, 5.41) is 13.1. The number of piperazine rings is 1. The van der Waals surface area contributed by atoms with Crippen LogP contribution in [0.5, 0.6) is 0 Å². The van der Waals surface area contributed by atoms with Crippen LogP contribution in [0.2, 0.25) is 0 Å². The fraction of sp³-hybridized carbons (Fsp3) is 0.600. The second kappa shape index (κ2) is 6.24. The molecule has 3 rings (SSSR count). The van der Waals surface area contributed by atoms with Gasteiger partial charge >= 0.3 is 6.03 Å². The number of hydrogen-bond donors (Lipinski definition) is 1. The van der Waals surface area contributed by atoms with Gasteiger partial charge in [0.15, 0.2) is 0 Å². The number of hydrogen-bond acceptors (Lipinski definition) is 5. The minimum atomic E-state index is -0.0865. The predicted molar refractivity (Wildman–Crippen MR) is 87.2 cm³/mol. The molecule has 22 heavy (non-hydrogen) atoms. The number of nitrogens with one attached hydrogen (secondary N) is 1. The topological polar surface area (TPSA) is 62.6 Å². The van der Waals surface area contributed by atoms with Crippen LogP contribution < -0.4 is 5.32 Å². The molecule has 2 amide bonds. The largest absolute Gasteiger partial charge is 0.322 e. The molecule has 0 unspecified atom stereocenters. The van der Waals surface area contributed by atoms with Gasteiger partial charge in [0, 0.05) is 44.1 Å². The summed E-state index contributed by atoms with van der Waals surface area (Å²) < 4.78 is 0. The van der Waals surface area contributed by atoms with Gasteiger partial charge in [-0.25, -0.2) is 4.79 Å². The van der Waals surface area contributed by atoms with Crippen molar-refractivity contribution in [3.8, 4) is 6.07 Å². The van der Waals surface area contributed by atoms with Gasteiger partial charge in [0.1, 0.15) is 11.1 Å². The highest BCUT2D eigenvalue weighted by Gasteiger charge is 2.25. The summed E-state index contributed by atoms with van der Waals surface area (Å²) in [5.41, 5.74) is 1.79. The van der Waals surface area contributed by atoms with Gasteiger partial charge in [-0.2, -0.15) is 5.26 Å². The molecule has 3 heterocycles. The first kappa shape index (κ1) is 15.3. The van der Waals surface area contributed by atoms with Crippen molar-refractivity contribution >= 4 is 22.4 Å². The average Bonchev–Trinajstić information content (AvgIpc) is 2.83. The van der Waals surface area contributed by atoms with Crippen LogP contribution in [0.25, 0.3) is 0 Å². The summed E-state index contributed by atoms with van der Waals surface area (Å²) in [6.45, 7) is 5.08. The van der Waals surface area contributed by atoms with Gasteiger partial charge in [-0.3, -0.25) is 5.32 Å². The summed E-state index contributed by atoms with van der Waals surface area (Å²) in [6.07, 6.45) is 0.885. The Labute approximate surface area is 134 Å². The molecule has 0 spiro atoms. The molecule has 6 nitrogen and oxygen atoms in total. The van der Waals surface area contributed by atoms with Gasteiger partial charge in [-0.15, -0.1) is 11.3 Å². The molecule has 1 fully saturated rings. The van der Waals surface area contributed by atoms with Crippen molar-refractivity contribution in [2.75, 3.05) is 52.1 Å². The number of anilines is 1. The molecule has 1 N–H and O–H groups in total. The number of thiophene rings is 1. The molecule has 0 saturated carbocycles. The lowest BCUT2D eigenvalue weighted by atomic mass is 10.0. The van der Waals surface area contributed by atoms with Crippen molar-refractivity contribution in [3.05, 3.63) is 16.0 Å². The lowest BCUT2D eigenvalue weighted by Crippen LogP contribution is -2.48. The summed E-state index contributed by atoms with van der Waals surface area (Å²) in [5.74, 6) is 0. The van der Waals surface area contributed by atoms with Crippen LogP contribution in [0.1, 0.15) is 16.0 Å². The summed E-state index contributed by atoms with van der Waals surface area (Å²) >= 11 is 1.55. The summed E-state index contributed by atoms with van der Waals surface area (Å²) in [6, 6.07) is 2.20. The van der Waals surface area contributed by atoms with Crippen LogP contribution in [0.4, 0.5) is 9.80 Å². The van der Waals surface area contributed by atoms with Gasteiger partial charge < -0.3 is 14.7 Å². The van der Waals surface area contributed by atoms with Crippen LogP contribution in [0.3, 0.4) is 0 Å². The first-order chi connectivity index (χ1) is 10.6. The number of urea groups is 1. The average molecular weight is 319 g/mol. The van der Waals surface area contributed by atoms with E-state index in [4.69, 9.17) is 0 Å². The fourth-order valence-electron chi connectivity index (χ4n) is 2.92. The number of nitrogens with zero attached hydrogens (tertiary/aromatic N) is 4. The zero-order valence-electron chi connectivity index (χ0n) is 13.1. The molecule has 0 aromatic carbocycles. The molecule has 0 aliphatic carbocycles. The monoisotopic (exact) mass is 319 g/mol. The minimum Gasteiger partial charge on any atom is -0.322 e. The standard InChI is InChI=1S/C15H21N5OS/c1-18-5-7-20(8-6-18)15(21)17-14-12(9-16)11-3-4-19(2)10-13(11)22-14/h3-8,10H2,1-2H3,(H,17,21). The second-order valence-corrected chi connectivity index (χ2v) is 7.13. The van der Waals surface area contributed by atoms with Gasteiger partial charge in [-0.05, 0) is 26.1 Å². The number of likely N-dealkylation sites (N-methyl/N-ethyl adjacent to an activating group) is 2. The van der Waals surface area contributed by atoms with Crippen molar-refractivity contribution in [1.82, 2.24) is 14.7 Å². The zero-order valence-corrected chi connectivity index (χ0v) is 13.9. The molecule has 2 aliphatic heterocycles. The molecule has 1 aromatic rings. The molecule has 2 aliphatic rings. The van der Waals surface area contributed by atoms with E-state index in [1.165, 1.54) is 4.88 Å². The van der Waals surface area contributed by atoms with E-state index in [1.54, 1.807) is 11.3 Å². The van der Waals surface area contributed by atoms with Gasteiger partial charge in [-0.1, -0.05) is 0 Å². The Kier molecular flexibility index (Phi) is 4.34. The Morgan fingerprint density at radius 2 is 1.91 bits per heavy atom. The highest BCUT2D eigenvalue weighted by Crippen LogP contribution is 2.36. The molecule has 118 valence electrons. The third-order valence-electron chi connectivity index (χ3n) is 4.37. The quantitative estimate of drug-likeness (QED) is 0.849. The Hall–Kier alpha value is -1.62. The Bertz CT molecular complexity index is 612. The molecule has 7 heteroatoms. The normalized spacial score (nSPS) is 19.6. The van der Waals surface area contributed by atoms with Crippen LogP contribution >= 0.6 is 11.3 Å². The number of fused-ring (bicyclic) bond motifs is 1. The van der Waals surface area contributed by atoms with Crippen molar-refractivity contribution in [1.29, 1.82) is 5.26 Å². The highest BCUT2D eigenvalue weighted by molar-refractivity contribution is 7.16. The number of nitriles is 1. The lowest BCUT2D eigenvalue weighted by molar-refractivity contribution is 0.164. The molecule has 0 bridgehead atoms. The molecule has 0 radical (unpaired) electrons. The van der Waals surface area contributed by atoms with E-state index in [1.807, 2.05) is 4.90 Å². The maximum absolute atomic E-state index is 12.4. The van der Waals surface area contributed by atoms with Crippen LogP contribution in [-0.2, 0) is 13.0 Å². The number of amides is 2. The fourth-order valence-corrected chi connectivity index (χ4v) is 4.19. The lowest BCUT2D eigenvalue weighted by Gasteiger charge is -2.32. The molecule has 0 atom stereocenters. The second-order valence-electron chi connectivity index (χ2n) is 6.03. The maximum atomic E-state index is 12.4. The van der Waals surface area contributed by atoms with Crippen molar-refractivity contribution in [3.63, 3.8) is 0 Å². The van der Waals surface area contributed by atoms with E-state index in [0.717, 1.165) is 51.3 Å². The highest BCUT2D eigenvalue weighted by atomic mass is 32.1. The van der Waals surface area contributed by atoms with Gasteiger partial charge in [0.2, 0.25) is 0 Å². The molecule has 1 aromatic heterocycles. The summed E-state index contributed by atoms with van der Waals surface area (Å²) in [4.78, 5) is 19.9. The first-order valence-electron chi connectivity index (χ1n) is 7.56. The smallest absolute Gasteiger partial charge is 0.322 e. The van der Waals surface area contributed by atoms with E-state index < -0.39 is 0 Å². The summed E-state index contributed by atoms with van der Waals surface area (Å²) in [7, 11) is 4.14. The van der Waals surface area contributed by atoms with Crippen LogP contribution in [0, 0.1) is 11.3 Å². The van der Waals surface area contributed by atoms with Crippen LogP contribution in [0.15, 0.2) is 0 Å². The molecule has 1 saturated heterocycles. The van der Waals surface area contributed by atoms with Gasteiger partial charge in [0.25, 0.3) is 0 Å². The number of carbonyl (C=O) groups is 1. The first-order valence-corrected chi connectivity index (χ1v) is 8.37. The SMILES string of the molecule is CN1CCN(C(=O)Nc2sc3c(c2C#N)CCN(C)C3)CC1. The van der Waals surface area contributed by atoms with E-state index in [9.17, 15) is 10.1 Å². The predicted octanol–water partition coefficient (Wildman–Crippen LogP) is 1.39. The Morgan fingerprint density at radius 3 is 2.59 bits per heavy atom. The van der Waals surface area contributed by atoms with Crippen LogP contribution in [-0.4, -0.2) is 67.5 Å². The minimum absolute atomic E-state index is 0.0865. The van der Waals surface area contributed by atoms with Crippen molar-refractivity contribution in [2.45, 2.75) is 13.0 Å². The van der Waals surface area contributed by atoms with E-state index >= 15 is 0 Å². The van der Waals surface area contributed by atoms with E-state index in [-0.39, 0.29) is 6.03 Å². The maximum Gasteiger partial charge on any atom is 0.322 e. The number of carbonyl (C=O) groups excluding carboxylic acids is 1. The molecular formula is C15H21N5OS. The third kappa shape index (κ3) is 2.95. The van der Waals surface area contributed by atoms with Crippen molar-refractivity contribution < 1.29 is 4.79 Å². The Morgan fingerprint density at radius 1 is 1.18 bits per heavy atom. The van der Waals surface area contributed by atoms with Gasteiger partial charge in [0.05, 0.1) is 5.56 Å². The van der Waals surface area contributed by atoms with E-state index in [2.05, 4.69) is 35.3 Å². The number of rotatable bonds is 1. The third-order valence-corrected chi connectivity index (χ3v) is 5.50. The molecular weight excluding hydrogens is 298 g/mol. The zero-order chi connectivity index (χ0) is 15.7.